The monoisotopic (exact) mass is 533 g/mol. The molecular formula is C28H31N5O4S. The number of hydrogen-bond donors (Lipinski definition) is 2. The van der Waals surface area contributed by atoms with Crippen LogP contribution in [0.3, 0.4) is 0 Å². The summed E-state index contributed by atoms with van der Waals surface area (Å²) in [6, 6.07) is 9.69. The van der Waals surface area contributed by atoms with Crippen LogP contribution in [-0.2, 0) is 6.54 Å². The molecule has 2 N–H and O–H groups in total. The summed E-state index contributed by atoms with van der Waals surface area (Å²) >= 11 is 1.56. The number of rotatable bonds is 7. The van der Waals surface area contributed by atoms with E-state index in [1.807, 2.05) is 42.6 Å². The molecule has 1 aromatic carbocycles. The predicted molar refractivity (Wildman–Crippen MR) is 145 cm³/mol. The molecule has 1 aliphatic carbocycles. The smallest absolute Gasteiger partial charge is 0.292 e. The topological polar surface area (TPSA) is 111 Å². The fourth-order valence-electron chi connectivity index (χ4n) is 4.95. The Labute approximate surface area is 225 Å². The molecule has 1 saturated carbocycles. The first-order chi connectivity index (χ1) is 18.4. The quantitative estimate of drug-likeness (QED) is 0.302. The van der Waals surface area contributed by atoms with Gasteiger partial charge in [-0.2, -0.15) is 0 Å². The Bertz CT molecular complexity index is 1430. The normalized spacial score (nSPS) is 13.9. The average molecular weight is 534 g/mol. The van der Waals surface area contributed by atoms with Crippen LogP contribution in [0, 0.1) is 19.8 Å². The van der Waals surface area contributed by atoms with Gasteiger partial charge in [0.1, 0.15) is 17.0 Å². The van der Waals surface area contributed by atoms with E-state index in [2.05, 4.69) is 20.6 Å². The molecule has 0 spiro atoms. The van der Waals surface area contributed by atoms with Crippen molar-refractivity contribution in [2.75, 3.05) is 7.11 Å². The van der Waals surface area contributed by atoms with Crippen molar-refractivity contribution in [3.05, 3.63) is 64.5 Å². The molecule has 0 bridgehead atoms. The number of nitrogens with one attached hydrogen (secondary N) is 2. The van der Waals surface area contributed by atoms with E-state index in [1.165, 1.54) is 38.4 Å². The molecule has 10 heteroatoms. The van der Waals surface area contributed by atoms with E-state index >= 15 is 0 Å². The minimum Gasteiger partial charge on any atom is -0.497 e. The summed E-state index contributed by atoms with van der Waals surface area (Å²) in [5.74, 6) is 0.419. The minimum atomic E-state index is -0.534. The van der Waals surface area contributed by atoms with Crippen LogP contribution in [-0.4, -0.2) is 33.6 Å². The first-order valence-corrected chi connectivity index (χ1v) is 13.6. The molecule has 1 fully saturated rings. The van der Waals surface area contributed by atoms with Crippen LogP contribution >= 0.6 is 11.3 Å². The van der Waals surface area contributed by atoms with Gasteiger partial charge in [-0.05, 0) is 62.9 Å². The molecule has 2 amide bonds. The molecule has 9 nitrogen and oxygen atoms in total. The van der Waals surface area contributed by atoms with Crippen LogP contribution in [0.4, 0.5) is 0 Å². The molecule has 5 rings (SSSR count). The standard InChI is InChI=1S/C28H31N5O4S/c1-17-15-37-32-25(17)27(35)31-30-26(34)22-13-24(33(18(22)2)14-19-7-5-4-6-8-19)23-16-38-28(29-23)20-9-11-21(36-3)12-10-20/h9-13,15-16,19H,4-8,14H2,1-3H3,(H,30,34)(H,31,35). The molecule has 0 aliphatic heterocycles. The number of amides is 2. The van der Waals surface area contributed by atoms with Crippen molar-refractivity contribution in [3.63, 3.8) is 0 Å². The predicted octanol–water partition coefficient (Wildman–Crippen LogP) is 5.55. The molecule has 1 aliphatic rings. The molecule has 38 heavy (non-hydrogen) atoms. The molecule has 4 aromatic rings. The molecule has 198 valence electrons. The number of benzene rings is 1. The summed E-state index contributed by atoms with van der Waals surface area (Å²) < 4.78 is 12.3. The number of methoxy groups -OCH3 is 1. The highest BCUT2D eigenvalue weighted by molar-refractivity contribution is 7.13. The first-order valence-electron chi connectivity index (χ1n) is 12.8. The van der Waals surface area contributed by atoms with Crippen molar-refractivity contribution >= 4 is 23.2 Å². The van der Waals surface area contributed by atoms with Crippen molar-refractivity contribution in [1.82, 2.24) is 25.6 Å². The molecule has 0 radical (unpaired) electrons. The van der Waals surface area contributed by atoms with Gasteiger partial charge in [-0.1, -0.05) is 24.4 Å². The minimum absolute atomic E-state index is 0.131. The Balaban J connectivity index is 1.42. The maximum atomic E-state index is 13.2. The maximum absolute atomic E-state index is 13.2. The highest BCUT2D eigenvalue weighted by atomic mass is 32.1. The Kier molecular flexibility index (Phi) is 7.59. The zero-order valence-electron chi connectivity index (χ0n) is 21.7. The second-order valence-corrected chi connectivity index (χ2v) is 10.5. The number of nitrogens with zero attached hydrogens (tertiary/aromatic N) is 3. The van der Waals surface area contributed by atoms with Gasteiger partial charge >= 0.3 is 0 Å². The zero-order valence-corrected chi connectivity index (χ0v) is 22.6. The van der Waals surface area contributed by atoms with Gasteiger partial charge in [-0.3, -0.25) is 20.4 Å². The third-order valence-electron chi connectivity index (χ3n) is 7.13. The van der Waals surface area contributed by atoms with Crippen molar-refractivity contribution in [3.8, 4) is 27.7 Å². The highest BCUT2D eigenvalue weighted by Gasteiger charge is 2.24. The lowest BCUT2D eigenvalue weighted by Crippen LogP contribution is -2.42. The largest absolute Gasteiger partial charge is 0.497 e. The number of carbonyl (C=O) groups excluding carboxylic acids is 2. The Morgan fingerprint density at radius 1 is 1.11 bits per heavy atom. The van der Waals surface area contributed by atoms with Gasteiger partial charge in [0, 0.05) is 28.7 Å². The lowest BCUT2D eigenvalue weighted by atomic mass is 9.89. The van der Waals surface area contributed by atoms with Gasteiger partial charge in [-0.15, -0.1) is 11.3 Å². The fourth-order valence-corrected chi connectivity index (χ4v) is 5.77. The summed E-state index contributed by atoms with van der Waals surface area (Å²) in [6.07, 6.45) is 7.49. The second-order valence-electron chi connectivity index (χ2n) is 9.66. The van der Waals surface area contributed by atoms with Crippen molar-refractivity contribution < 1.29 is 18.8 Å². The third kappa shape index (κ3) is 5.35. The SMILES string of the molecule is COc1ccc(-c2nc(-c3cc(C(=O)NNC(=O)c4nocc4C)c(C)n3CC3CCCCC3)cs2)cc1. The third-order valence-corrected chi connectivity index (χ3v) is 8.02. The number of hydrogen-bond acceptors (Lipinski definition) is 7. The van der Waals surface area contributed by atoms with Crippen LogP contribution in [0.25, 0.3) is 22.0 Å². The summed E-state index contributed by atoms with van der Waals surface area (Å²) in [4.78, 5) is 30.5. The Hall–Kier alpha value is -3.92. The summed E-state index contributed by atoms with van der Waals surface area (Å²) in [5, 5.41) is 6.61. The maximum Gasteiger partial charge on any atom is 0.292 e. The van der Waals surface area contributed by atoms with Gasteiger partial charge < -0.3 is 13.8 Å². The Morgan fingerprint density at radius 2 is 1.84 bits per heavy atom. The summed E-state index contributed by atoms with van der Waals surface area (Å²) in [5.41, 5.74) is 9.75. The van der Waals surface area contributed by atoms with Gasteiger partial charge in [0.25, 0.3) is 11.8 Å². The fraction of sp³-hybridized carbons (Fsp3) is 0.357. The summed E-state index contributed by atoms with van der Waals surface area (Å²) in [7, 11) is 1.65. The van der Waals surface area contributed by atoms with Gasteiger partial charge in [0.2, 0.25) is 0 Å². The molecule has 3 aromatic heterocycles. The highest BCUT2D eigenvalue weighted by Crippen LogP contribution is 2.34. The van der Waals surface area contributed by atoms with Crippen LogP contribution < -0.4 is 15.6 Å². The van der Waals surface area contributed by atoms with Crippen LogP contribution in [0.1, 0.15) is 64.2 Å². The Morgan fingerprint density at radius 3 is 2.53 bits per heavy atom. The van der Waals surface area contributed by atoms with E-state index in [-0.39, 0.29) is 5.69 Å². The number of aryl methyl sites for hydroxylation is 1. The van der Waals surface area contributed by atoms with E-state index in [4.69, 9.17) is 14.2 Å². The van der Waals surface area contributed by atoms with Crippen LogP contribution in [0.15, 0.2) is 46.5 Å². The number of ether oxygens (including phenoxy) is 1. The van der Waals surface area contributed by atoms with Crippen molar-refractivity contribution in [2.45, 2.75) is 52.5 Å². The van der Waals surface area contributed by atoms with E-state index in [0.717, 1.165) is 39.9 Å². The first kappa shape index (κ1) is 25.7. The molecule has 3 heterocycles. The molecule has 0 atom stereocenters. The lowest BCUT2D eigenvalue weighted by molar-refractivity contribution is 0.0840. The average Bonchev–Trinajstić information content (AvgIpc) is 3.67. The van der Waals surface area contributed by atoms with Gasteiger partial charge in [0.05, 0.1) is 24.1 Å². The summed E-state index contributed by atoms with van der Waals surface area (Å²) in [6.45, 7) is 4.49. The second kappa shape index (κ2) is 11.2. The van der Waals surface area contributed by atoms with E-state index in [9.17, 15) is 9.59 Å². The van der Waals surface area contributed by atoms with Crippen molar-refractivity contribution in [1.29, 1.82) is 0 Å². The number of hydrazine groups is 1. The molecule has 0 saturated heterocycles. The molecular weight excluding hydrogens is 502 g/mol. The van der Waals surface area contributed by atoms with E-state index < -0.39 is 11.8 Å². The van der Waals surface area contributed by atoms with Gasteiger partial charge in [0.15, 0.2) is 5.69 Å². The number of thiazole rings is 1. The van der Waals surface area contributed by atoms with Gasteiger partial charge in [-0.25, -0.2) is 4.98 Å². The van der Waals surface area contributed by atoms with E-state index in [1.54, 1.807) is 25.4 Å². The lowest BCUT2D eigenvalue weighted by Gasteiger charge is -2.24. The van der Waals surface area contributed by atoms with Crippen molar-refractivity contribution in [2.24, 2.45) is 5.92 Å². The van der Waals surface area contributed by atoms with Crippen LogP contribution in [0.5, 0.6) is 5.75 Å². The number of carbonyl (C=O) groups is 2. The van der Waals surface area contributed by atoms with Crippen LogP contribution in [0.2, 0.25) is 0 Å². The molecule has 0 unspecified atom stereocenters. The zero-order chi connectivity index (χ0) is 26.6. The van der Waals surface area contributed by atoms with E-state index in [0.29, 0.717) is 17.0 Å². The number of aromatic nitrogens is 3.